The molecule has 17 heavy (non-hydrogen) atoms. The second-order valence-electron chi connectivity index (χ2n) is 4.22. The van der Waals surface area contributed by atoms with Gasteiger partial charge in [-0.1, -0.05) is 18.2 Å². The van der Waals surface area contributed by atoms with Gasteiger partial charge in [-0.25, -0.2) is 9.97 Å². The van der Waals surface area contributed by atoms with E-state index in [4.69, 9.17) is 0 Å². The van der Waals surface area contributed by atoms with E-state index >= 15 is 0 Å². The fraction of sp³-hybridized carbons (Fsp3) is 0.286. The van der Waals surface area contributed by atoms with Crippen LogP contribution < -0.4 is 5.32 Å². The first-order valence-electron chi connectivity index (χ1n) is 5.81. The Hall–Kier alpha value is -1.90. The molecule has 88 valence electrons. The molecule has 3 nitrogen and oxygen atoms in total. The Kier molecular flexibility index (Phi) is 3.38. The Morgan fingerprint density at radius 2 is 1.94 bits per heavy atom. The highest BCUT2D eigenvalue weighted by Gasteiger charge is 2.07. The van der Waals surface area contributed by atoms with Gasteiger partial charge in [-0.2, -0.15) is 0 Å². The molecule has 1 aromatic carbocycles. The molecule has 1 atom stereocenters. The van der Waals surface area contributed by atoms with E-state index in [-0.39, 0.29) is 0 Å². The maximum Gasteiger partial charge on any atom is 0.148 e. The minimum atomic E-state index is 0.321. The number of nitrogens with zero attached hydrogens (tertiary/aromatic N) is 2. The average Bonchev–Trinajstić information content (AvgIpc) is 2.30. The van der Waals surface area contributed by atoms with E-state index in [0.717, 1.165) is 29.0 Å². The van der Waals surface area contributed by atoms with Crippen molar-refractivity contribution in [1.29, 1.82) is 0 Å². The van der Waals surface area contributed by atoms with Crippen LogP contribution in [0.5, 0.6) is 0 Å². The molecule has 0 saturated heterocycles. The topological polar surface area (TPSA) is 37.8 Å². The maximum atomic E-state index is 4.59. The molecule has 0 radical (unpaired) electrons. The van der Waals surface area contributed by atoms with Gasteiger partial charge in [-0.15, -0.1) is 6.58 Å². The molecule has 3 heteroatoms. The molecule has 2 rings (SSSR count). The van der Waals surface area contributed by atoms with Gasteiger partial charge in [-0.05, 0) is 32.4 Å². The average molecular weight is 227 g/mol. The van der Waals surface area contributed by atoms with Gasteiger partial charge in [0.05, 0.1) is 16.7 Å². The van der Waals surface area contributed by atoms with E-state index in [1.54, 1.807) is 0 Å². The molecule has 0 aliphatic heterocycles. The van der Waals surface area contributed by atoms with E-state index < -0.39 is 0 Å². The molecule has 0 saturated carbocycles. The third kappa shape index (κ3) is 2.61. The quantitative estimate of drug-likeness (QED) is 0.814. The Balaban J connectivity index is 2.33. The van der Waals surface area contributed by atoms with Gasteiger partial charge in [-0.3, -0.25) is 0 Å². The van der Waals surface area contributed by atoms with Crippen LogP contribution in [0.2, 0.25) is 0 Å². The third-order valence-corrected chi connectivity index (χ3v) is 2.65. The molecule has 1 aromatic heterocycles. The summed E-state index contributed by atoms with van der Waals surface area (Å²) < 4.78 is 0. The number of para-hydroxylation sites is 2. The van der Waals surface area contributed by atoms with E-state index in [9.17, 15) is 0 Å². The molecule has 0 spiro atoms. The molecule has 0 fully saturated rings. The molecule has 2 aromatic rings. The zero-order valence-electron chi connectivity index (χ0n) is 10.3. The Labute approximate surface area is 102 Å². The standard InChI is InChI=1S/C14H17N3/c1-4-7-10(2)15-14-11(3)16-12-8-5-6-9-13(12)17-14/h4-6,8-10H,1,7H2,2-3H3,(H,15,17). The van der Waals surface area contributed by atoms with Gasteiger partial charge in [0, 0.05) is 6.04 Å². The van der Waals surface area contributed by atoms with Crippen LogP contribution in [-0.4, -0.2) is 16.0 Å². The second kappa shape index (κ2) is 4.95. The number of fused-ring (bicyclic) bond motifs is 1. The molecule has 1 heterocycles. The van der Waals surface area contributed by atoms with Crippen LogP contribution in [0.15, 0.2) is 36.9 Å². The fourth-order valence-electron chi connectivity index (χ4n) is 1.77. The summed E-state index contributed by atoms with van der Waals surface area (Å²) >= 11 is 0. The number of rotatable bonds is 4. The summed E-state index contributed by atoms with van der Waals surface area (Å²) in [5.74, 6) is 0.859. The van der Waals surface area contributed by atoms with Crippen molar-refractivity contribution in [2.45, 2.75) is 26.3 Å². The van der Waals surface area contributed by atoms with Crippen molar-refractivity contribution in [1.82, 2.24) is 9.97 Å². The van der Waals surface area contributed by atoms with E-state index in [2.05, 4.69) is 28.8 Å². The van der Waals surface area contributed by atoms with Gasteiger partial charge in [0.2, 0.25) is 0 Å². The van der Waals surface area contributed by atoms with Crippen LogP contribution in [0.4, 0.5) is 5.82 Å². The third-order valence-electron chi connectivity index (χ3n) is 2.65. The van der Waals surface area contributed by atoms with Crippen molar-refractivity contribution < 1.29 is 0 Å². The largest absolute Gasteiger partial charge is 0.366 e. The van der Waals surface area contributed by atoms with E-state index in [1.807, 2.05) is 37.3 Å². The second-order valence-corrected chi connectivity index (χ2v) is 4.22. The highest BCUT2D eigenvalue weighted by Crippen LogP contribution is 2.17. The van der Waals surface area contributed by atoms with Crippen molar-refractivity contribution in [2.24, 2.45) is 0 Å². The van der Waals surface area contributed by atoms with Crippen molar-refractivity contribution in [3.63, 3.8) is 0 Å². The summed E-state index contributed by atoms with van der Waals surface area (Å²) in [6.45, 7) is 7.82. The summed E-state index contributed by atoms with van der Waals surface area (Å²) in [6, 6.07) is 8.23. The van der Waals surface area contributed by atoms with Crippen LogP contribution in [0, 0.1) is 6.92 Å². The molecule has 0 amide bonds. The first kappa shape index (κ1) is 11.6. The monoisotopic (exact) mass is 227 g/mol. The fourth-order valence-corrected chi connectivity index (χ4v) is 1.77. The minimum Gasteiger partial charge on any atom is -0.366 e. The summed E-state index contributed by atoms with van der Waals surface area (Å²) in [7, 11) is 0. The summed E-state index contributed by atoms with van der Waals surface area (Å²) in [5.41, 5.74) is 2.79. The lowest BCUT2D eigenvalue weighted by Gasteiger charge is -2.14. The molecule has 1 N–H and O–H groups in total. The van der Waals surface area contributed by atoms with Crippen LogP contribution in [0.25, 0.3) is 11.0 Å². The smallest absolute Gasteiger partial charge is 0.148 e. The lowest BCUT2D eigenvalue weighted by atomic mass is 10.2. The number of hydrogen-bond donors (Lipinski definition) is 1. The lowest BCUT2D eigenvalue weighted by Crippen LogP contribution is -2.16. The van der Waals surface area contributed by atoms with E-state index in [0.29, 0.717) is 6.04 Å². The number of hydrogen-bond acceptors (Lipinski definition) is 3. The van der Waals surface area contributed by atoms with Crippen molar-refractivity contribution in [3.05, 3.63) is 42.6 Å². The normalized spacial score (nSPS) is 12.4. The Morgan fingerprint density at radius 3 is 2.59 bits per heavy atom. The maximum absolute atomic E-state index is 4.59. The first-order chi connectivity index (χ1) is 8.20. The predicted octanol–water partition coefficient (Wildman–Crippen LogP) is 3.31. The van der Waals surface area contributed by atoms with E-state index in [1.165, 1.54) is 0 Å². The van der Waals surface area contributed by atoms with Gasteiger partial charge < -0.3 is 5.32 Å². The van der Waals surface area contributed by atoms with Crippen LogP contribution in [0.1, 0.15) is 19.0 Å². The molecule has 1 unspecified atom stereocenters. The number of nitrogens with one attached hydrogen (secondary N) is 1. The Bertz CT molecular complexity index is 534. The van der Waals surface area contributed by atoms with Crippen molar-refractivity contribution in [3.8, 4) is 0 Å². The highest BCUT2D eigenvalue weighted by molar-refractivity contribution is 5.76. The SMILES string of the molecule is C=CCC(C)Nc1nc2ccccc2nc1C. The summed E-state index contributed by atoms with van der Waals surface area (Å²) in [4.78, 5) is 9.13. The Morgan fingerprint density at radius 1 is 1.29 bits per heavy atom. The molecular formula is C14H17N3. The predicted molar refractivity (Wildman–Crippen MR) is 72.2 cm³/mol. The molecule has 0 aliphatic carbocycles. The highest BCUT2D eigenvalue weighted by atomic mass is 15.0. The van der Waals surface area contributed by atoms with Gasteiger partial charge in [0.15, 0.2) is 0 Å². The van der Waals surface area contributed by atoms with Crippen LogP contribution >= 0.6 is 0 Å². The van der Waals surface area contributed by atoms with Gasteiger partial charge >= 0.3 is 0 Å². The number of benzene rings is 1. The zero-order valence-corrected chi connectivity index (χ0v) is 10.3. The molecule has 0 bridgehead atoms. The summed E-state index contributed by atoms with van der Waals surface area (Å²) in [5, 5.41) is 3.36. The first-order valence-corrected chi connectivity index (χ1v) is 5.81. The molecular weight excluding hydrogens is 210 g/mol. The van der Waals surface area contributed by atoms with Crippen molar-refractivity contribution >= 4 is 16.9 Å². The lowest BCUT2D eigenvalue weighted by molar-refractivity contribution is 0.805. The number of aromatic nitrogens is 2. The van der Waals surface area contributed by atoms with Crippen LogP contribution in [-0.2, 0) is 0 Å². The van der Waals surface area contributed by atoms with Crippen LogP contribution in [0.3, 0.4) is 0 Å². The minimum absolute atomic E-state index is 0.321. The molecule has 0 aliphatic rings. The number of aryl methyl sites for hydroxylation is 1. The van der Waals surface area contributed by atoms with Gasteiger partial charge in [0.1, 0.15) is 5.82 Å². The number of anilines is 1. The van der Waals surface area contributed by atoms with Gasteiger partial charge in [0.25, 0.3) is 0 Å². The van der Waals surface area contributed by atoms with Crippen molar-refractivity contribution in [2.75, 3.05) is 5.32 Å². The summed E-state index contributed by atoms with van der Waals surface area (Å²) in [6.07, 6.45) is 2.81. The zero-order chi connectivity index (χ0) is 12.3.